The first-order valence-electron chi connectivity index (χ1n) is 9.76. The summed E-state index contributed by atoms with van der Waals surface area (Å²) >= 11 is 0. The average Bonchev–Trinajstić information content (AvgIpc) is 3.14. The van der Waals surface area contributed by atoms with Crippen LogP contribution in [0.2, 0.25) is 0 Å². The van der Waals surface area contributed by atoms with Crippen molar-refractivity contribution in [3.8, 4) is 17.0 Å². The van der Waals surface area contributed by atoms with Crippen LogP contribution in [0, 0.1) is 5.82 Å². The number of hydrogen-bond acceptors (Lipinski definition) is 5. The summed E-state index contributed by atoms with van der Waals surface area (Å²) in [5, 5.41) is 2.96. The highest BCUT2D eigenvalue weighted by molar-refractivity contribution is 7.40. The number of benzene rings is 1. The molecule has 160 valence electrons. The summed E-state index contributed by atoms with van der Waals surface area (Å²) < 4.78 is 19.7. The molecule has 3 aromatic rings. The van der Waals surface area contributed by atoms with Gasteiger partial charge in [-0.1, -0.05) is 18.2 Å². The fourth-order valence-electron chi connectivity index (χ4n) is 3.58. The van der Waals surface area contributed by atoms with Gasteiger partial charge >= 0.3 is 0 Å². The highest BCUT2D eigenvalue weighted by atomic mass is 31.1. The number of nitrogens with zero attached hydrogens (tertiary/aromatic N) is 3. The van der Waals surface area contributed by atoms with Crippen LogP contribution in [0.15, 0.2) is 54.9 Å². The van der Waals surface area contributed by atoms with Crippen molar-refractivity contribution in [3.63, 3.8) is 0 Å². The van der Waals surface area contributed by atoms with Crippen molar-refractivity contribution >= 4 is 35.9 Å². The third kappa shape index (κ3) is 4.68. The number of nitrogens with one attached hydrogen (secondary N) is 1. The number of rotatable bonds is 5. The van der Waals surface area contributed by atoms with Crippen molar-refractivity contribution in [1.82, 2.24) is 9.97 Å². The summed E-state index contributed by atoms with van der Waals surface area (Å²) in [7, 11) is 7.21. The monoisotopic (exact) mass is 456 g/mol. The lowest BCUT2D eigenvalue weighted by molar-refractivity contribution is 0.102. The van der Waals surface area contributed by atoms with Crippen molar-refractivity contribution in [3.05, 3.63) is 66.2 Å². The van der Waals surface area contributed by atoms with Crippen molar-refractivity contribution in [2.45, 2.75) is 11.3 Å². The second-order valence-corrected chi connectivity index (χ2v) is 10.5. The summed E-state index contributed by atoms with van der Waals surface area (Å²) in [6.07, 6.45) is 4.02. The molecule has 6 nitrogen and oxygen atoms in total. The van der Waals surface area contributed by atoms with E-state index in [0.29, 0.717) is 34.1 Å². The van der Waals surface area contributed by atoms with E-state index in [2.05, 4.69) is 38.7 Å². The number of carbonyl (C=O) groups excluding carboxylic acids is 1. The quantitative estimate of drug-likeness (QED) is 0.583. The Labute approximate surface area is 185 Å². The third-order valence-electron chi connectivity index (χ3n) is 5.17. The molecule has 31 heavy (non-hydrogen) atoms. The van der Waals surface area contributed by atoms with Crippen molar-refractivity contribution in [1.29, 1.82) is 0 Å². The van der Waals surface area contributed by atoms with E-state index >= 15 is 0 Å². The van der Waals surface area contributed by atoms with E-state index in [1.54, 1.807) is 42.6 Å². The van der Waals surface area contributed by atoms with Crippen molar-refractivity contribution in [2.24, 2.45) is 0 Å². The van der Waals surface area contributed by atoms with Gasteiger partial charge in [0.25, 0.3) is 5.91 Å². The lowest BCUT2D eigenvalue weighted by Gasteiger charge is -2.24. The number of carbonyl (C=O) groups is 1. The minimum Gasteiger partial charge on any atom is -0.481 e. The first-order valence-corrected chi connectivity index (χ1v) is 10.9. The normalized spacial score (nSPS) is 15.0. The van der Waals surface area contributed by atoms with Gasteiger partial charge in [-0.3, -0.25) is 4.79 Å². The molecule has 0 saturated carbocycles. The van der Waals surface area contributed by atoms with Crippen LogP contribution >= 0.6 is 18.5 Å². The van der Waals surface area contributed by atoms with Crippen LogP contribution in [0.25, 0.3) is 11.1 Å². The zero-order chi connectivity index (χ0) is 22.0. The first kappa shape index (κ1) is 21.6. The second-order valence-electron chi connectivity index (χ2n) is 7.49. The molecule has 1 aromatic carbocycles. The van der Waals surface area contributed by atoms with Crippen molar-refractivity contribution < 1.29 is 13.9 Å². The van der Waals surface area contributed by atoms with Crippen molar-refractivity contribution in [2.75, 3.05) is 30.4 Å². The lowest BCUT2D eigenvalue weighted by atomic mass is 10.0. The average molecular weight is 456 g/mol. The van der Waals surface area contributed by atoms with Gasteiger partial charge in [-0.2, -0.15) is 0 Å². The molecule has 0 radical (unpaired) electrons. The smallest absolute Gasteiger partial charge is 0.257 e. The molecule has 1 saturated heterocycles. The van der Waals surface area contributed by atoms with Crippen LogP contribution in [0.4, 0.5) is 15.9 Å². The predicted molar refractivity (Wildman–Crippen MR) is 127 cm³/mol. The topological polar surface area (TPSA) is 67.3 Å². The Morgan fingerprint density at radius 1 is 1.16 bits per heavy atom. The zero-order valence-electron chi connectivity index (χ0n) is 17.0. The lowest BCUT2D eigenvalue weighted by Crippen LogP contribution is -2.26. The van der Waals surface area contributed by atoms with E-state index in [0.717, 1.165) is 19.5 Å². The molecule has 1 aliphatic heterocycles. The van der Waals surface area contributed by atoms with Gasteiger partial charge in [0, 0.05) is 47.6 Å². The van der Waals surface area contributed by atoms with E-state index in [1.807, 2.05) is 0 Å². The predicted octanol–water partition coefficient (Wildman–Crippen LogP) is 4.20. The molecule has 1 fully saturated rings. The molecule has 2 aromatic heterocycles. The number of ether oxygens (including phenoxy) is 1. The fraction of sp³-hybridized carbons (Fsp3) is 0.227. The van der Waals surface area contributed by atoms with E-state index < -0.39 is 0 Å². The molecule has 9 heteroatoms. The Hall–Kier alpha value is -2.62. The van der Waals surface area contributed by atoms with Gasteiger partial charge in [-0.05, 0) is 24.6 Å². The minimum atomic E-state index is -0.367. The highest BCUT2D eigenvalue weighted by Gasteiger charge is 2.32. The molecule has 1 aliphatic rings. The number of methoxy groups -OCH3 is 1. The van der Waals surface area contributed by atoms with E-state index in [9.17, 15) is 9.18 Å². The molecule has 1 amide bonds. The SMILES string of the molecule is COc1ccc(C(=O)Nc2c(-c3ccccc3F)ccnc2N2CCC(P)(P)C2)cn1. The number of anilines is 2. The Balaban J connectivity index is 1.77. The largest absolute Gasteiger partial charge is 0.481 e. The molecular formula is C22H23FN4O2P2. The number of pyridine rings is 2. The molecular weight excluding hydrogens is 433 g/mol. The standard InChI is InChI=1S/C22H23FN4O2P2/c1-29-18-7-6-14(12-25-18)21(28)26-19-16(15-4-2-3-5-17(15)23)8-10-24-20(19)27-11-9-22(30,31)13-27/h2-8,10,12H,9,11,13,30-31H2,1H3,(H,26,28). The van der Waals surface area contributed by atoms with Gasteiger partial charge in [-0.25, -0.2) is 14.4 Å². The molecule has 0 aliphatic carbocycles. The van der Waals surface area contributed by atoms with E-state index in [4.69, 9.17) is 4.74 Å². The van der Waals surface area contributed by atoms with E-state index in [1.165, 1.54) is 19.4 Å². The van der Waals surface area contributed by atoms with Crippen LogP contribution in [0.3, 0.4) is 0 Å². The van der Waals surface area contributed by atoms with Crippen LogP contribution in [0.1, 0.15) is 16.8 Å². The second kappa shape index (κ2) is 8.86. The number of hydrogen-bond donors (Lipinski definition) is 1. The number of halogens is 1. The van der Waals surface area contributed by atoms with Gasteiger partial charge in [0.15, 0.2) is 5.82 Å². The Morgan fingerprint density at radius 3 is 2.61 bits per heavy atom. The summed E-state index contributed by atoms with van der Waals surface area (Å²) in [5.41, 5.74) is 1.81. The fourth-order valence-corrected chi connectivity index (χ4v) is 4.28. The molecule has 2 unspecified atom stereocenters. The van der Waals surface area contributed by atoms with Gasteiger partial charge < -0.3 is 15.0 Å². The molecule has 2 atom stereocenters. The maximum Gasteiger partial charge on any atom is 0.257 e. The summed E-state index contributed by atoms with van der Waals surface area (Å²) in [5.74, 6) is 0.306. The highest BCUT2D eigenvalue weighted by Crippen LogP contribution is 2.42. The maximum absolute atomic E-state index is 14.7. The summed E-state index contributed by atoms with van der Waals surface area (Å²) in [6.45, 7) is 1.50. The Morgan fingerprint density at radius 2 is 1.97 bits per heavy atom. The van der Waals surface area contributed by atoms with Gasteiger partial charge in [0.1, 0.15) is 5.82 Å². The molecule has 0 spiro atoms. The molecule has 0 bridgehead atoms. The Kier molecular flexibility index (Phi) is 6.17. The first-order chi connectivity index (χ1) is 14.9. The Bertz CT molecular complexity index is 1110. The van der Waals surface area contributed by atoms with E-state index in [-0.39, 0.29) is 16.6 Å². The van der Waals surface area contributed by atoms with Gasteiger partial charge in [0.2, 0.25) is 5.88 Å². The summed E-state index contributed by atoms with van der Waals surface area (Å²) in [6, 6.07) is 11.5. The molecule has 1 N–H and O–H groups in total. The molecule has 4 rings (SSSR count). The van der Waals surface area contributed by atoms with Crippen LogP contribution in [-0.4, -0.2) is 41.0 Å². The van der Waals surface area contributed by atoms with Gasteiger partial charge in [-0.15, -0.1) is 18.5 Å². The van der Waals surface area contributed by atoms with Gasteiger partial charge in [0.05, 0.1) is 18.4 Å². The number of aromatic nitrogens is 2. The molecule has 3 heterocycles. The third-order valence-corrected chi connectivity index (χ3v) is 6.12. The zero-order valence-corrected chi connectivity index (χ0v) is 19.3. The minimum absolute atomic E-state index is 0.0309. The summed E-state index contributed by atoms with van der Waals surface area (Å²) in [4.78, 5) is 23.8. The van der Waals surface area contributed by atoms with Crippen LogP contribution in [0.5, 0.6) is 5.88 Å². The van der Waals surface area contributed by atoms with Crippen LogP contribution < -0.4 is 15.0 Å². The van der Waals surface area contributed by atoms with Crippen LogP contribution in [-0.2, 0) is 0 Å². The number of amides is 1. The maximum atomic E-state index is 14.7.